The zero-order valence-corrected chi connectivity index (χ0v) is 18.8. The fourth-order valence-corrected chi connectivity index (χ4v) is 3.89. The molecule has 0 spiro atoms. The number of hydrogen-bond donors (Lipinski definition) is 2. The Kier molecular flexibility index (Phi) is 6.40. The lowest BCUT2D eigenvalue weighted by Crippen LogP contribution is -2.44. The van der Waals surface area contributed by atoms with Gasteiger partial charge >= 0.3 is 18.3 Å². The van der Waals surface area contributed by atoms with Crippen LogP contribution in [0.3, 0.4) is 0 Å². The molecule has 4 rings (SSSR count). The van der Waals surface area contributed by atoms with Crippen molar-refractivity contribution in [2.75, 3.05) is 0 Å². The Balaban J connectivity index is 1.96. The van der Waals surface area contributed by atoms with Gasteiger partial charge in [-0.1, -0.05) is 36.4 Å². The summed E-state index contributed by atoms with van der Waals surface area (Å²) in [7, 11) is 0. The van der Waals surface area contributed by atoms with Gasteiger partial charge in [0.25, 0.3) is 0 Å². The molecule has 0 amide bonds. The number of halogens is 6. The minimum Gasteiger partial charge on any atom is -0.478 e. The van der Waals surface area contributed by atoms with E-state index in [-0.39, 0.29) is 5.56 Å². The molecule has 7 nitrogen and oxygen atoms in total. The second-order valence-electron chi connectivity index (χ2n) is 8.02. The molecule has 2 heterocycles. The SMILES string of the molecule is CC1(c2ccccc2C(F)(F)F)N=C(c2ccccc2C(F)(F)F)NN1/C=C(/C(=O)O)c1cncnc1. The van der Waals surface area contributed by atoms with Gasteiger partial charge in [-0.3, -0.25) is 10.4 Å². The van der Waals surface area contributed by atoms with Crippen molar-refractivity contribution in [1.82, 2.24) is 20.4 Å². The second-order valence-corrected chi connectivity index (χ2v) is 8.02. The Morgan fingerprint density at radius 1 is 0.946 bits per heavy atom. The van der Waals surface area contributed by atoms with Gasteiger partial charge in [0.2, 0.25) is 0 Å². The van der Waals surface area contributed by atoms with Gasteiger partial charge in [0.05, 0.1) is 16.7 Å². The van der Waals surface area contributed by atoms with Gasteiger partial charge in [0.15, 0.2) is 11.5 Å². The molecule has 1 aliphatic rings. The van der Waals surface area contributed by atoms with Crippen molar-refractivity contribution in [2.24, 2.45) is 4.99 Å². The minimum atomic E-state index is -4.83. The number of hydrogen-bond acceptors (Lipinski definition) is 6. The highest BCUT2D eigenvalue weighted by atomic mass is 19.4. The summed E-state index contributed by atoms with van der Waals surface area (Å²) in [6.45, 7) is 1.23. The van der Waals surface area contributed by atoms with E-state index >= 15 is 0 Å². The average Bonchev–Trinajstić information content (AvgIpc) is 3.19. The van der Waals surface area contributed by atoms with Crippen LogP contribution in [0.5, 0.6) is 0 Å². The lowest BCUT2D eigenvalue weighted by Gasteiger charge is -2.34. The Bertz CT molecular complexity index is 1390. The largest absolute Gasteiger partial charge is 0.478 e. The molecule has 192 valence electrons. The number of amidine groups is 1. The van der Waals surface area contributed by atoms with Gasteiger partial charge in [-0.15, -0.1) is 0 Å². The molecule has 1 atom stereocenters. The molecule has 0 fully saturated rings. The molecule has 1 unspecified atom stereocenters. The van der Waals surface area contributed by atoms with Crippen LogP contribution in [0.1, 0.15) is 34.7 Å². The van der Waals surface area contributed by atoms with Crippen molar-refractivity contribution >= 4 is 17.4 Å². The zero-order valence-electron chi connectivity index (χ0n) is 18.8. The number of carboxylic acids is 1. The van der Waals surface area contributed by atoms with Crippen LogP contribution in [0.25, 0.3) is 5.57 Å². The maximum atomic E-state index is 13.9. The van der Waals surface area contributed by atoms with E-state index in [2.05, 4.69) is 20.4 Å². The molecule has 2 aromatic carbocycles. The number of rotatable bonds is 5. The first-order valence-corrected chi connectivity index (χ1v) is 10.5. The van der Waals surface area contributed by atoms with Gasteiger partial charge in [-0.05, 0) is 19.1 Å². The number of nitrogens with zero attached hydrogens (tertiary/aromatic N) is 4. The molecule has 13 heteroatoms. The number of alkyl halides is 6. The maximum absolute atomic E-state index is 13.9. The predicted molar refractivity (Wildman–Crippen MR) is 119 cm³/mol. The van der Waals surface area contributed by atoms with Crippen molar-refractivity contribution in [3.8, 4) is 0 Å². The monoisotopic (exact) mass is 521 g/mol. The Morgan fingerprint density at radius 3 is 2.11 bits per heavy atom. The van der Waals surface area contributed by atoms with Crippen LogP contribution in [-0.4, -0.2) is 31.9 Å². The molecule has 2 N–H and O–H groups in total. The molecule has 0 aliphatic carbocycles. The van der Waals surface area contributed by atoms with Crippen molar-refractivity contribution < 1.29 is 36.2 Å². The maximum Gasteiger partial charge on any atom is 0.417 e. The van der Waals surface area contributed by atoms with Crippen LogP contribution in [0.2, 0.25) is 0 Å². The molecule has 37 heavy (non-hydrogen) atoms. The van der Waals surface area contributed by atoms with Gasteiger partial charge in [0, 0.05) is 35.3 Å². The standard InChI is InChI=1S/C24H17F6N5O2/c1-22(18-8-4-5-9-19(18)24(28,29)30)33-20(15-6-2-3-7-17(15)23(25,26)27)34-35(22)12-16(21(36)37)14-10-31-13-32-11-14/h2-13H,1H3,(H,33,34)(H,36,37)/b16-12+. The fraction of sp³-hybridized carbons (Fsp3) is 0.167. The lowest BCUT2D eigenvalue weighted by atomic mass is 9.95. The first-order valence-electron chi connectivity index (χ1n) is 10.5. The van der Waals surface area contributed by atoms with E-state index in [0.29, 0.717) is 0 Å². The molecule has 3 aromatic rings. The quantitative estimate of drug-likeness (QED) is 0.360. The van der Waals surface area contributed by atoms with Crippen molar-refractivity contribution in [3.05, 3.63) is 101 Å². The van der Waals surface area contributed by atoms with Crippen LogP contribution >= 0.6 is 0 Å². The number of carboxylic acid groups (broad SMARTS) is 1. The number of hydrazine groups is 1. The van der Waals surface area contributed by atoms with E-state index in [0.717, 1.165) is 53.9 Å². The molecular formula is C24H17F6N5O2. The topological polar surface area (TPSA) is 90.7 Å². The van der Waals surface area contributed by atoms with Crippen LogP contribution < -0.4 is 5.43 Å². The third-order valence-corrected chi connectivity index (χ3v) is 5.62. The van der Waals surface area contributed by atoms with Crippen LogP contribution in [0.4, 0.5) is 26.3 Å². The van der Waals surface area contributed by atoms with E-state index in [4.69, 9.17) is 0 Å². The van der Waals surface area contributed by atoms with Crippen LogP contribution in [0.15, 0.2) is 78.4 Å². The lowest BCUT2D eigenvalue weighted by molar-refractivity contribution is -0.139. The molecule has 0 saturated carbocycles. The van der Waals surface area contributed by atoms with Crippen LogP contribution in [0, 0.1) is 0 Å². The number of aliphatic imine (C=N–C) groups is 1. The Hall–Kier alpha value is -4.42. The number of aliphatic carboxylic acids is 1. The third kappa shape index (κ3) is 4.97. The van der Waals surface area contributed by atoms with E-state index in [9.17, 15) is 36.2 Å². The third-order valence-electron chi connectivity index (χ3n) is 5.62. The van der Waals surface area contributed by atoms with E-state index in [1.54, 1.807) is 0 Å². The first kappa shape index (κ1) is 25.7. The molecule has 0 bridgehead atoms. The zero-order chi connectivity index (χ0) is 27.0. The predicted octanol–water partition coefficient (Wildman–Crippen LogP) is 5.08. The van der Waals surface area contributed by atoms with Gasteiger partial charge < -0.3 is 5.11 Å². The normalized spacial score (nSPS) is 18.4. The molecule has 0 saturated heterocycles. The summed E-state index contributed by atoms with van der Waals surface area (Å²) in [5.74, 6) is -1.88. The van der Waals surface area contributed by atoms with Crippen molar-refractivity contribution in [1.29, 1.82) is 0 Å². The number of nitrogens with one attached hydrogen (secondary N) is 1. The summed E-state index contributed by atoms with van der Waals surface area (Å²) < 4.78 is 83.0. The summed E-state index contributed by atoms with van der Waals surface area (Å²) in [4.78, 5) is 23.8. The number of carbonyl (C=O) groups is 1. The minimum absolute atomic E-state index is 0.00685. The summed E-state index contributed by atoms with van der Waals surface area (Å²) in [5, 5.41) is 10.7. The fourth-order valence-electron chi connectivity index (χ4n) is 3.89. The van der Waals surface area contributed by atoms with Gasteiger partial charge in [0.1, 0.15) is 6.33 Å². The molecule has 0 radical (unpaired) electrons. The smallest absolute Gasteiger partial charge is 0.417 e. The van der Waals surface area contributed by atoms with E-state index in [1.165, 1.54) is 31.5 Å². The summed E-state index contributed by atoms with van der Waals surface area (Å²) in [5.41, 5.74) is -2.89. The summed E-state index contributed by atoms with van der Waals surface area (Å²) in [6, 6.07) is 8.81. The highest BCUT2D eigenvalue weighted by molar-refractivity contribution is 6.15. The van der Waals surface area contributed by atoms with E-state index < -0.39 is 57.6 Å². The van der Waals surface area contributed by atoms with Gasteiger partial charge in [-0.2, -0.15) is 26.3 Å². The molecule has 1 aliphatic heterocycles. The number of benzene rings is 2. The van der Waals surface area contributed by atoms with Gasteiger partial charge in [-0.25, -0.2) is 19.8 Å². The van der Waals surface area contributed by atoms with E-state index in [1.807, 2.05) is 0 Å². The Morgan fingerprint density at radius 2 is 1.51 bits per heavy atom. The number of aromatic nitrogens is 2. The van der Waals surface area contributed by atoms with Crippen molar-refractivity contribution in [3.63, 3.8) is 0 Å². The molecular weight excluding hydrogens is 504 g/mol. The first-order chi connectivity index (χ1) is 17.3. The van der Waals surface area contributed by atoms with Crippen molar-refractivity contribution in [2.45, 2.75) is 24.9 Å². The summed E-state index contributed by atoms with van der Waals surface area (Å²) in [6.07, 6.45) is -5.19. The second kappa shape index (κ2) is 9.22. The highest BCUT2D eigenvalue weighted by Crippen LogP contribution is 2.43. The summed E-state index contributed by atoms with van der Waals surface area (Å²) >= 11 is 0. The molecule has 1 aromatic heterocycles. The van der Waals surface area contributed by atoms with Crippen LogP contribution in [-0.2, 0) is 22.8 Å². The average molecular weight is 521 g/mol. The Labute approximate surface area is 205 Å². The highest BCUT2D eigenvalue weighted by Gasteiger charge is 2.46.